The third-order valence-corrected chi connectivity index (χ3v) is 6.36. The highest BCUT2D eigenvalue weighted by Crippen LogP contribution is 2.36. The molecule has 2 aliphatic heterocycles. The lowest BCUT2D eigenvalue weighted by Gasteiger charge is -2.43. The Hall–Kier alpha value is -3.00. The first-order chi connectivity index (χ1) is 15.4. The van der Waals surface area contributed by atoms with Gasteiger partial charge in [0.1, 0.15) is 17.2 Å². The fourth-order valence-electron chi connectivity index (χ4n) is 4.72. The molecule has 1 atom stereocenters. The number of piperidine rings is 1. The second-order valence-corrected chi connectivity index (χ2v) is 8.68. The lowest BCUT2D eigenvalue weighted by molar-refractivity contribution is -0.125. The number of nitrogens with one attached hydrogen (secondary N) is 2. The Labute approximate surface area is 186 Å². The van der Waals surface area contributed by atoms with E-state index in [4.69, 9.17) is 0 Å². The lowest BCUT2D eigenvalue weighted by atomic mass is 9.85. The summed E-state index contributed by atoms with van der Waals surface area (Å²) < 4.78 is 26.8. The molecule has 2 N–H and O–H groups in total. The number of amides is 2. The van der Waals surface area contributed by atoms with Crippen LogP contribution in [0.3, 0.4) is 0 Å². The molecule has 32 heavy (non-hydrogen) atoms. The van der Waals surface area contributed by atoms with E-state index in [2.05, 4.69) is 15.5 Å². The molecule has 0 aliphatic carbocycles. The van der Waals surface area contributed by atoms with Crippen molar-refractivity contribution in [1.82, 2.24) is 15.5 Å². The van der Waals surface area contributed by atoms with Crippen molar-refractivity contribution >= 4 is 17.5 Å². The van der Waals surface area contributed by atoms with E-state index in [1.165, 1.54) is 24.3 Å². The molecule has 2 aromatic rings. The number of benzene rings is 2. The van der Waals surface area contributed by atoms with Crippen molar-refractivity contribution in [3.8, 4) is 0 Å². The van der Waals surface area contributed by atoms with Crippen LogP contribution in [-0.4, -0.2) is 54.6 Å². The predicted molar refractivity (Wildman–Crippen MR) is 118 cm³/mol. The van der Waals surface area contributed by atoms with E-state index in [0.717, 1.165) is 5.56 Å². The molecule has 0 aromatic heterocycles. The minimum atomic E-state index is -0.667. The van der Waals surface area contributed by atoms with Gasteiger partial charge in [0.15, 0.2) is 0 Å². The molecule has 2 heterocycles. The van der Waals surface area contributed by atoms with Crippen LogP contribution in [0.1, 0.15) is 25.3 Å². The van der Waals surface area contributed by atoms with Gasteiger partial charge in [0.2, 0.25) is 11.8 Å². The van der Waals surface area contributed by atoms with Crippen molar-refractivity contribution in [3.63, 3.8) is 0 Å². The van der Waals surface area contributed by atoms with Gasteiger partial charge in [0, 0.05) is 31.4 Å². The lowest BCUT2D eigenvalue weighted by Crippen LogP contribution is -2.57. The van der Waals surface area contributed by atoms with Gasteiger partial charge >= 0.3 is 0 Å². The minimum absolute atomic E-state index is 0.0120. The van der Waals surface area contributed by atoms with Crippen molar-refractivity contribution in [2.75, 3.05) is 31.2 Å². The van der Waals surface area contributed by atoms with Gasteiger partial charge < -0.3 is 20.4 Å². The molecule has 2 saturated heterocycles. The molecule has 0 unspecified atom stereocenters. The van der Waals surface area contributed by atoms with E-state index in [1.54, 1.807) is 18.2 Å². The Bertz CT molecular complexity index is 974. The van der Waals surface area contributed by atoms with Crippen LogP contribution in [0.2, 0.25) is 0 Å². The number of rotatable bonds is 6. The summed E-state index contributed by atoms with van der Waals surface area (Å²) in [5.41, 5.74) is 0.804. The van der Waals surface area contributed by atoms with E-state index < -0.39 is 5.54 Å². The van der Waals surface area contributed by atoms with Gasteiger partial charge in [-0.05, 0) is 55.7 Å². The molecule has 2 aliphatic rings. The van der Waals surface area contributed by atoms with Gasteiger partial charge in [-0.3, -0.25) is 9.59 Å². The number of hydrogen-bond acceptors (Lipinski definition) is 4. The number of carbonyl (C=O) groups excluding carboxylic acids is 2. The average Bonchev–Trinajstić information content (AvgIpc) is 3.07. The summed E-state index contributed by atoms with van der Waals surface area (Å²) in [4.78, 5) is 29.3. The normalized spacial score (nSPS) is 19.1. The van der Waals surface area contributed by atoms with Crippen molar-refractivity contribution in [2.45, 2.75) is 37.8 Å². The monoisotopic (exact) mass is 442 g/mol. The molecule has 8 heteroatoms. The van der Waals surface area contributed by atoms with Crippen LogP contribution in [0.5, 0.6) is 0 Å². The third-order valence-electron chi connectivity index (χ3n) is 6.36. The maximum atomic E-state index is 13.7. The van der Waals surface area contributed by atoms with Crippen LogP contribution in [0.25, 0.3) is 0 Å². The summed E-state index contributed by atoms with van der Waals surface area (Å²) in [6.07, 6.45) is 1.47. The van der Waals surface area contributed by atoms with E-state index in [0.29, 0.717) is 44.8 Å². The number of likely N-dealkylation sites (tertiary alicyclic amines) is 1. The zero-order valence-electron chi connectivity index (χ0n) is 18.1. The molecule has 2 amide bonds. The molecular formula is C24H28F2N4O2. The third kappa shape index (κ3) is 4.75. The van der Waals surface area contributed by atoms with Gasteiger partial charge in [0.05, 0.1) is 13.1 Å². The van der Waals surface area contributed by atoms with Crippen LogP contribution in [0.4, 0.5) is 14.5 Å². The van der Waals surface area contributed by atoms with Crippen LogP contribution in [-0.2, 0) is 16.0 Å². The quantitative estimate of drug-likeness (QED) is 0.722. The average molecular weight is 443 g/mol. The molecule has 0 saturated carbocycles. The Balaban J connectivity index is 1.31. The Morgan fingerprint density at radius 2 is 1.84 bits per heavy atom. The zero-order valence-corrected chi connectivity index (χ0v) is 18.1. The highest BCUT2D eigenvalue weighted by Gasteiger charge is 2.50. The highest BCUT2D eigenvalue weighted by atomic mass is 19.1. The fraction of sp³-hybridized carbons (Fsp3) is 0.417. The number of carbonyl (C=O) groups is 2. The van der Waals surface area contributed by atoms with Crippen LogP contribution >= 0.6 is 0 Å². The smallest absolute Gasteiger partial charge is 0.247 e. The van der Waals surface area contributed by atoms with E-state index in [1.807, 2.05) is 17.9 Å². The molecule has 0 radical (unpaired) electrons. The minimum Gasteiger partial charge on any atom is -0.352 e. The van der Waals surface area contributed by atoms with Crippen molar-refractivity contribution < 1.29 is 18.4 Å². The molecule has 1 spiro atoms. The van der Waals surface area contributed by atoms with Gasteiger partial charge in [-0.1, -0.05) is 18.2 Å². The predicted octanol–water partition coefficient (Wildman–Crippen LogP) is 2.44. The van der Waals surface area contributed by atoms with Crippen molar-refractivity contribution in [2.24, 2.45) is 0 Å². The standard InChI is InChI=1S/C24H28F2N4O2/c1-17(28-22(31)13-18-5-7-19(25)8-6-18)15-29-11-9-24(10-12-29)23(32)27-16-30(24)21-4-2-3-20(26)14-21/h2-8,14,17H,9-13,15-16H2,1H3,(H,27,32)(H,28,31)/t17-/m0/s1. The summed E-state index contributed by atoms with van der Waals surface area (Å²) in [5, 5.41) is 5.92. The molecule has 170 valence electrons. The van der Waals surface area contributed by atoms with Crippen molar-refractivity contribution in [3.05, 3.63) is 65.7 Å². The largest absolute Gasteiger partial charge is 0.352 e. The zero-order chi connectivity index (χ0) is 22.7. The summed E-state index contributed by atoms with van der Waals surface area (Å²) in [7, 11) is 0. The Morgan fingerprint density at radius 3 is 2.53 bits per heavy atom. The highest BCUT2D eigenvalue weighted by molar-refractivity contribution is 5.93. The fourth-order valence-corrected chi connectivity index (χ4v) is 4.72. The SMILES string of the molecule is C[C@@H](CN1CCC2(CC1)C(=O)NCN2c1cccc(F)c1)NC(=O)Cc1ccc(F)cc1. The second-order valence-electron chi connectivity index (χ2n) is 8.68. The Kier molecular flexibility index (Phi) is 6.41. The molecule has 0 bridgehead atoms. The summed E-state index contributed by atoms with van der Waals surface area (Å²) in [5.74, 6) is -0.760. The molecular weight excluding hydrogens is 414 g/mol. The first kappa shape index (κ1) is 22.2. The molecule has 6 nitrogen and oxygen atoms in total. The number of hydrogen-bond donors (Lipinski definition) is 2. The Morgan fingerprint density at radius 1 is 1.12 bits per heavy atom. The van der Waals surface area contributed by atoms with Gasteiger partial charge in [0.25, 0.3) is 0 Å². The number of halogens is 2. The maximum absolute atomic E-state index is 13.7. The van der Waals surface area contributed by atoms with Gasteiger partial charge in [-0.15, -0.1) is 0 Å². The van der Waals surface area contributed by atoms with Crippen LogP contribution < -0.4 is 15.5 Å². The number of anilines is 1. The summed E-state index contributed by atoms with van der Waals surface area (Å²) >= 11 is 0. The molecule has 2 fully saturated rings. The topological polar surface area (TPSA) is 64.7 Å². The molecule has 4 rings (SSSR count). The summed E-state index contributed by atoms with van der Waals surface area (Å²) in [6.45, 7) is 4.41. The first-order valence-electron chi connectivity index (χ1n) is 10.9. The number of nitrogens with zero attached hydrogens (tertiary/aromatic N) is 2. The molecule has 2 aromatic carbocycles. The van der Waals surface area contributed by atoms with Crippen LogP contribution in [0.15, 0.2) is 48.5 Å². The second kappa shape index (κ2) is 9.24. The van der Waals surface area contributed by atoms with Gasteiger partial charge in [-0.2, -0.15) is 0 Å². The summed E-state index contributed by atoms with van der Waals surface area (Å²) in [6, 6.07) is 12.2. The maximum Gasteiger partial charge on any atom is 0.247 e. The van der Waals surface area contributed by atoms with Crippen LogP contribution in [0, 0.1) is 11.6 Å². The van der Waals surface area contributed by atoms with Gasteiger partial charge in [-0.25, -0.2) is 8.78 Å². The van der Waals surface area contributed by atoms with E-state index in [-0.39, 0.29) is 35.9 Å². The van der Waals surface area contributed by atoms with Crippen molar-refractivity contribution in [1.29, 1.82) is 0 Å². The first-order valence-corrected chi connectivity index (χ1v) is 10.9. The van der Waals surface area contributed by atoms with E-state index >= 15 is 0 Å². The van der Waals surface area contributed by atoms with E-state index in [9.17, 15) is 18.4 Å².